The number of carboxylic acid groups (broad SMARTS) is 1. The van der Waals surface area contributed by atoms with Crippen molar-refractivity contribution in [1.29, 1.82) is 0 Å². The van der Waals surface area contributed by atoms with Gasteiger partial charge in [0, 0.05) is 32.1 Å². The fourth-order valence-corrected chi connectivity index (χ4v) is 4.35. The summed E-state index contributed by atoms with van der Waals surface area (Å²) in [5, 5.41) is 9.06. The van der Waals surface area contributed by atoms with E-state index in [1.807, 2.05) is 17.0 Å². The van der Waals surface area contributed by atoms with Crippen LogP contribution in [0.15, 0.2) is 48.5 Å². The summed E-state index contributed by atoms with van der Waals surface area (Å²) < 4.78 is 0. The van der Waals surface area contributed by atoms with E-state index in [2.05, 4.69) is 29.2 Å². The van der Waals surface area contributed by atoms with Crippen LogP contribution in [0.1, 0.15) is 45.8 Å². The van der Waals surface area contributed by atoms with Gasteiger partial charge in [-0.1, -0.05) is 36.4 Å². The van der Waals surface area contributed by atoms with Crippen molar-refractivity contribution in [2.45, 2.75) is 31.7 Å². The first kappa shape index (κ1) is 18.7. The van der Waals surface area contributed by atoms with Crippen LogP contribution in [0.2, 0.25) is 0 Å². The number of fused-ring (bicyclic) bond motifs is 1. The van der Waals surface area contributed by atoms with Crippen molar-refractivity contribution in [2.75, 3.05) is 26.2 Å². The lowest BCUT2D eigenvalue weighted by molar-refractivity contribution is -0.133. The number of piperidine rings is 1. The maximum absolute atomic E-state index is 12.9. The molecule has 2 heterocycles. The van der Waals surface area contributed by atoms with Crippen molar-refractivity contribution in [3.63, 3.8) is 0 Å². The normalized spacial score (nSPS) is 19.9. The number of benzene rings is 2. The van der Waals surface area contributed by atoms with Gasteiger partial charge >= 0.3 is 5.97 Å². The van der Waals surface area contributed by atoms with E-state index in [-0.39, 0.29) is 11.8 Å². The van der Waals surface area contributed by atoms with Crippen molar-refractivity contribution < 1.29 is 14.7 Å². The maximum Gasteiger partial charge on any atom is 0.335 e. The molecule has 1 saturated heterocycles. The zero-order valence-electron chi connectivity index (χ0n) is 16.0. The van der Waals surface area contributed by atoms with Crippen LogP contribution in [-0.2, 0) is 17.8 Å². The van der Waals surface area contributed by atoms with E-state index in [9.17, 15) is 9.59 Å². The second kappa shape index (κ2) is 8.15. The Kier molecular flexibility index (Phi) is 5.44. The number of nitrogens with zero attached hydrogens (tertiary/aromatic N) is 2. The Morgan fingerprint density at radius 1 is 1.00 bits per heavy atom. The molecule has 4 rings (SSSR count). The number of rotatable bonds is 4. The van der Waals surface area contributed by atoms with Gasteiger partial charge in [-0.05, 0) is 48.1 Å². The first-order chi connectivity index (χ1) is 13.6. The SMILES string of the molecule is O=C(O)c1ccc(C2CCCN(C(=O)CN3CCc4ccccc4C3)C2)cc1. The molecule has 5 heteroatoms. The lowest BCUT2D eigenvalue weighted by Crippen LogP contribution is -2.45. The van der Waals surface area contributed by atoms with E-state index in [1.54, 1.807) is 12.1 Å². The lowest BCUT2D eigenvalue weighted by atomic mass is 9.90. The highest BCUT2D eigenvalue weighted by Crippen LogP contribution is 2.27. The van der Waals surface area contributed by atoms with Crippen LogP contribution in [0, 0.1) is 0 Å². The average molecular weight is 378 g/mol. The number of amides is 1. The van der Waals surface area contributed by atoms with Crippen LogP contribution >= 0.6 is 0 Å². The number of likely N-dealkylation sites (tertiary alicyclic amines) is 1. The minimum absolute atomic E-state index is 0.200. The second-order valence-corrected chi connectivity index (χ2v) is 7.84. The Bertz CT molecular complexity index is 862. The Morgan fingerprint density at radius 2 is 1.75 bits per heavy atom. The van der Waals surface area contributed by atoms with Crippen LogP contribution in [0.3, 0.4) is 0 Å². The highest BCUT2D eigenvalue weighted by molar-refractivity contribution is 5.87. The summed E-state index contributed by atoms with van der Waals surface area (Å²) in [5.74, 6) is -0.427. The number of carbonyl (C=O) groups is 2. The number of carboxylic acids is 1. The first-order valence-electron chi connectivity index (χ1n) is 10.0. The second-order valence-electron chi connectivity index (χ2n) is 7.84. The summed E-state index contributed by atoms with van der Waals surface area (Å²) >= 11 is 0. The standard InChI is InChI=1S/C23H26N2O3/c26-22(16-24-13-11-17-4-1-2-5-20(17)14-24)25-12-3-6-21(15-25)18-7-9-19(10-8-18)23(27)28/h1-2,4-5,7-10,21H,3,6,11-16H2,(H,27,28). The number of hydrogen-bond donors (Lipinski definition) is 1. The summed E-state index contributed by atoms with van der Waals surface area (Å²) in [4.78, 5) is 28.2. The molecular weight excluding hydrogens is 352 g/mol. The van der Waals surface area contributed by atoms with Gasteiger partial charge in [0.2, 0.25) is 5.91 Å². The van der Waals surface area contributed by atoms with Crippen molar-refractivity contribution in [3.05, 3.63) is 70.8 Å². The van der Waals surface area contributed by atoms with Gasteiger partial charge in [0.25, 0.3) is 0 Å². The van der Waals surface area contributed by atoms with Crippen molar-refractivity contribution in [1.82, 2.24) is 9.80 Å². The molecule has 1 unspecified atom stereocenters. The molecule has 0 spiro atoms. The highest BCUT2D eigenvalue weighted by Gasteiger charge is 2.27. The summed E-state index contributed by atoms with van der Waals surface area (Å²) in [6, 6.07) is 15.6. The van der Waals surface area contributed by atoms with Crippen molar-refractivity contribution in [3.8, 4) is 0 Å². The van der Waals surface area contributed by atoms with Crippen molar-refractivity contribution >= 4 is 11.9 Å². The molecule has 0 aromatic heterocycles. The molecule has 2 aliphatic rings. The highest BCUT2D eigenvalue weighted by atomic mass is 16.4. The van der Waals surface area contributed by atoms with E-state index in [4.69, 9.17) is 5.11 Å². The van der Waals surface area contributed by atoms with Crippen LogP contribution in [0.5, 0.6) is 0 Å². The topological polar surface area (TPSA) is 60.9 Å². The van der Waals surface area contributed by atoms with Crippen LogP contribution in [-0.4, -0.2) is 53.0 Å². The van der Waals surface area contributed by atoms with E-state index < -0.39 is 5.97 Å². The zero-order chi connectivity index (χ0) is 19.5. The third kappa shape index (κ3) is 4.09. The van der Waals surface area contributed by atoms with Gasteiger partial charge in [0.1, 0.15) is 0 Å². The fraction of sp³-hybridized carbons (Fsp3) is 0.391. The van der Waals surface area contributed by atoms with Crippen LogP contribution in [0.4, 0.5) is 0 Å². The lowest BCUT2D eigenvalue weighted by Gasteiger charge is -2.35. The van der Waals surface area contributed by atoms with Crippen LogP contribution < -0.4 is 0 Å². The molecule has 0 radical (unpaired) electrons. The quantitative estimate of drug-likeness (QED) is 0.888. The summed E-state index contributed by atoms with van der Waals surface area (Å²) in [7, 11) is 0. The number of aromatic carboxylic acids is 1. The van der Waals surface area contributed by atoms with E-state index in [0.717, 1.165) is 51.0 Å². The van der Waals surface area contributed by atoms with E-state index >= 15 is 0 Å². The van der Waals surface area contributed by atoms with E-state index in [1.165, 1.54) is 11.1 Å². The number of hydrogen-bond acceptors (Lipinski definition) is 3. The molecule has 2 aromatic carbocycles. The third-order valence-electron chi connectivity index (χ3n) is 5.97. The van der Waals surface area contributed by atoms with Gasteiger partial charge < -0.3 is 10.0 Å². The van der Waals surface area contributed by atoms with Gasteiger partial charge in [-0.2, -0.15) is 0 Å². The molecule has 1 atom stereocenters. The molecule has 1 fully saturated rings. The van der Waals surface area contributed by atoms with Gasteiger partial charge in [-0.3, -0.25) is 9.69 Å². The molecular formula is C23H26N2O3. The summed E-state index contributed by atoms with van der Waals surface area (Å²) in [5.41, 5.74) is 4.15. The molecule has 2 aromatic rings. The molecule has 28 heavy (non-hydrogen) atoms. The predicted octanol–water partition coefficient (Wildman–Crippen LogP) is 3.15. The van der Waals surface area contributed by atoms with Gasteiger partial charge in [0.05, 0.1) is 12.1 Å². The Balaban J connectivity index is 1.36. The van der Waals surface area contributed by atoms with E-state index in [0.29, 0.717) is 12.1 Å². The minimum Gasteiger partial charge on any atom is -0.478 e. The van der Waals surface area contributed by atoms with Crippen LogP contribution in [0.25, 0.3) is 0 Å². The molecule has 0 aliphatic carbocycles. The first-order valence-corrected chi connectivity index (χ1v) is 10.0. The number of carbonyl (C=O) groups excluding carboxylic acids is 1. The minimum atomic E-state index is -0.907. The van der Waals surface area contributed by atoms with Crippen molar-refractivity contribution in [2.24, 2.45) is 0 Å². The Labute approximate surface area is 165 Å². The molecule has 0 bridgehead atoms. The zero-order valence-corrected chi connectivity index (χ0v) is 16.0. The smallest absolute Gasteiger partial charge is 0.335 e. The summed E-state index contributed by atoms with van der Waals surface area (Å²) in [6.07, 6.45) is 3.02. The molecule has 2 aliphatic heterocycles. The maximum atomic E-state index is 12.9. The Hall–Kier alpha value is -2.66. The van der Waals surface area contributed by atoms with Gasteiger partial charge in [0.15, 0.2) is 0 Å². The molecule has 146 valence electrons. The predicted molar refractivity (Wildman–Crippen MR) is 107 cm³/mol. The molecule has 1 N–H and O–H groups in total. The third-order valence-corrected chi connectivity index (χ3v) is 5.97. The van der Waals surface area contributed by atoms with Gasteiger partial charge in [-0.15, -0.1) is 0 Å². The fourth-order valence-electron chi connectivity index (χ4n) is 4.35. The largest absolute Gasteiger partial charge is 0.478 e. The molecule has 0 saturated carbocycles. The Morgan fingerprint density at radius 3 is 2.50 bits per heavy atom. The monoisotopic (exact) mass is 378 g/mol. The van der Waals surface area contributed by atoms with Gasteiger partial charge in [-0.25, -0.2) is 4.79 Å². The molecule has 1 amide bonds. The summed E-state index contributed by atoms with van der Waals surface area (Å²) in [6.45, 7) is 3.77. The average Bonchev–Trinajstić information content (AvgIpc) is 2.74. The molecule has 5 nitrogen and oxygen atoms in total.